The van der Waals surface area contributed by atoms with Crippen LogP contribution in [-0.4, -0.2) is 16.9 Å². The van der Waals surface area contributed by atoms with Gasteiger partial charge in [0.25, 0.3) is 5.91 Å². The summed E-state index contributed by atoms with van der Waals surface area (Å²) in [5.74, 6) is 0.0970. The van der Waals surface area contributed by atoms with Crippen LogP contribution in [0.1, 0.15) is 36.9 Å². The quantitative estimate of drug-likeness (QED) is 0.806. The molecular formula is C16H13Cl2N3O2S. The third kappa shape index (κ3) is 2.41. The molecule has 2 aliphatic rings. The Morgan fingerprint density at radius 1 is 1.29 bits per heavy atom. The highest BCUT2D eigenvalue weighted by molar-refractivity contribution is 7.14. The number of hydrogen-bond acceptors (Lipinski definition) is 4. The lowest BCUT2D eigenvalue weighted by Crippen LogP contribution is -2.40. The fourth-order valence-electron chi connectivity index (χ4n) is 2.76. The van der Waals surface area contributed by atoms with Crippen molar-refractivity contribution < 1.29 is 9.59 Å². The fourth-order valence-corrected chi connectivity index (χ4v) is 3.96. The summed E-state index contributed by atoms with van der Waals surface area (Å²) < 4.78 is 0. The topological polar surface area (TPSA) is 62.3 Å². The van der Waals surface area contributed by atoms with Crippen LogP contribution in [0.15, 0.2) is 23.6 Å². The lowest BCUT2D eigenvalue weighted by atomic mass is 9.92. The third-order valence-electron chi connectivity index (χ3n) is 4.38. The number of nitrogens with zero attached hydrogens (tertiary/aromatic N) is 2. The molecule has 1 saturated heterocycles. The molecule has 0 radical (unpaired) electrons. The summed E-state index contributed by atoms with van der Waals surface area (Å²) in [5, 5.41) is 5.80. The number of rotatable bonds is 3. The number of urea groups is 1. The summed E-state index contributed by atoms with van der Waals surface area (Å²) in [6.07, 6.45) is 2.23. The highest BCUT2D eigenvalue weighted by Crippen LogP contribution is 2.42. The number of carbonyl (C=O) groups excluding carboxylic acids is 2. The SMILES string of the molecule is C[C@@]1(c2ccc(Cl)c(Cl)c2)NC(=O)N(c2nc(C3CC3)cs2)C1=O. The van der Waals surface area contributed by atoms with E-state index in [2.05, 4.69) is 10.3 Å². The highest BCUT2D eigenvalue weighted by atomic mass is 35.5. The van der Waals surface area contributed by atoms with Gasteiger partial charge in [-0.25, -0.2) is 14.7 Å². The molecule has 2 fully saturated rings. The van der Waals surface area contributed by atoms with Gasteiger partial charge in [0.05, 0.1) is 15.7 Å². The standard InChI is InChI=1S/C16H13Cl2N3O2S/c1-16(9-4-5-10(17)11(18)6-9)13(22)21(14(23)20-16)15-19-12(7-24-15)8-2-3-8/h4-8H,2-3H2,1H3,(H,20,23)/t16-/m0/s1. The average molecular weight is 382 g/mol. The maximum absolute atomic E-state index is 13.0. The van der Waals surface area contributed by atoms with Gasteiger partial charge in [0.2, 0.25) is 5.13 Å². The third-order valence-corrected chi connectivity index (χ3v) is 5.97. The van der Waals surface area contributed by atoms with Gasteiger partial charge in [-0.3, -0.25) is 4.79 Å². The average Bonchev–Trinajstić information content (AvgIpc) is 3.23. The zero-order valence-electron chi connectivity index (χ0n) is 12.7. The van der Waals surface area contributed by atoms with E-state index in [1.54, 1.807) is 25.1 Å². The van der Waals surface area contributed by atoms with Crippen molar-refractivity contribution in [3.63, 3.8) is 0 Å². The van der Waals surface area contributed by atoms with E-state index < -0.39 is 11.6 Å². The summed E-state index contributed by atoms with van der Waals surface area (Å²) in [6, 6.07) is 4.42. The molecule has 3 amide bonds. The fraction of sp³-hybridized carbons (Fsp3) is 0.312. The Balaban J connectivity index is 1.70. The number of carbonyl (C=O) groups is 2. The molecule has 1 aliphatic carbocycles. The number of halogens is 2. The molecule has 1 N–H and O–H groups in total. The van der Waals surface area contributed by atoms with Crippen molar-refractivity contribution in [2.75, 3.05) is 4.90 Å². The second kappa shape index (κ2) is 5.44. The Labute approximate surface area is 152 Å². The molecule has 8 heteroatoms. The number of imide groups is 1. The monoisotopic (exact) mass is 381 g/mol. The Morgan fingerprint density at radius 2 is 2.04 bits per heavy atom. The second-order valence-electron chi connectivity index (χ2n) is 6.15. The van der Waals surface area contributed by atoms with Crippen LogP contribution in [0.4, 0.5) is 9.93 Å². The van der Waals surface area contributed by atoms with Crippen LogP contribution in [0, 0.1) is 0 Å². The van der Waals surface area contributed by atoms with Crippen molar-refractivity contribution >= 4 is 51.6 Å². The molecule has 1 aromatic heterocycles. The van der Waals surface area contributed by atoms with E-state index in [9.17, 15) is 9.59 Å². The number of anilines is 1. The molecule has 0 bridgehead atoms. The van der Waals surface area contributed by atoms with E-state index >= 15 is 0 Å². The molecule has 1 aromatic carbocycles. The first-order valence-corrected chi connectivity index (χ1v) is 9.11. The van der Waals surface area contributed by atoms with Gasteiger partial charge in [0.15, 0.2) is 0 Å². The Bertz CT molecular complexity index is 865. The summed E-state index contributed by atoms with van der Waals surface area (Å²) in [5.41, 5.74) is 0.340. The van der Waals surface area contributed by atoms with Gasteiger partial charge in [-0.05, 0) is 37.5 Å². The van der Waals surface area contributed by atoms with Crippen molar-refractivity contribution in [1.29, 1.82) is 0 Å². The second-order valence-corrected chi connectivity index (χ2v) is 7.80. The van der Waals surface area contributed by atoms with Gasteiger partial charge in [-0.2, -0.15) is 0 Å². The molecule has 2 aromatic rings. The van der Waals surface area contributed by atoms with Crippen LogP contribution in [0.3, 0.4) is 0 Å². The molecule has 124 valence electrons. The molecule has 2 heterocycles. The summed E-state index contributed by atoms with van der Waals surface area (Å²) in [4.78, 5) is 31.0. The van der Waals surface area contributed by atoms with E-state index in [1.807, 2.05) is 5.38 Å². The van der Waals surface area contributed by atoms with Crippen LogP contribution in [0.5, 0.6) is 0 Å². The molecular weight excluding hydrogens is 369 g/mol. The van der Waals surface area contributed by atoms with Crippen molar-refractivity contribution in [2.45, 2.75) is 31.2 Å². The Morgan fingerprint density at radius 3 is 2.71 bits per heavy atom. The van der Waals surface area contributed by atoms with Gasteiger partial charge in [0.1, 0.15) is 5.54 Å². The minimum atomic E-state index is -1.20. The van der Waals surface area contributed by atoms with E-state index in [0.717, 1.165) is 23.4 Å². The van der Waals surface area contributed by atoms with Crippen LogP contribution >= 0.6 is 34.5 Å². The summed E-state index contributed by atoms with van der Waals surface area (Å²) >= 11 is 13.3. The lowest BCUT2D eigenvalue weighted by Gasteiger charge is -2.22. The van der Waals surface area contributed by atoms with E-state index in [4.69, 9.17) is 23.2 Å². The Kier molecular flexibility index (Phi) is 3.60. The van der Waals surface area contributed by atoms with Crippen LogP contribution in [-0.2, 0) is 10.3 Å². The maximum Gasteiger partial charge on any atom is 0.331 e. The predicted octanol–water partition coefficient (Wildman–Crippen LogP) is 4.30. The molecule has 0 unspecified atom stereocenters. The minimum absolute atomic E-state index is 0.334. The zero-order valence-corrected chi connectivity index (χ0v) is 15.0. The first-order chi connectivity index (χ1) is 11.4. The van der Waals surface area contributed by atoms with Gasteiger partial charge >= 0.3 is 6.03 Å². The van der Waals surface area contributed by atoms with Crippen LogP contribution < -0.4 is 10.2 Å². The van der Waals surface area contributed by atoms with Gasteiger partial charge in [-0.15, -0.1) is 11.3 Å². The summed E-state index contributed by atoms with van der Waals surface area (Å²) in [6.45, 7) is 1.65. The highest BCUT2D eigenvalue weighted by Gasteiger charge is 2.51. The molecule has 1 saturated carbocycles. The number of benzene rings is 1. The number of aromatic nitrogens is 1. The smallest absolute Gasteiger partial charge is 0.319 e. The molecule has 4 rings (SSSR count). The van der Waals surface area contributed by atoms with Gasteiger partial charge < -0.3 is 5.32 Å². The van der Waals surface area contributed by atoms with Crippen molar-refractivity contribution in [1.82, 2.24) is 10.3 Å². The van der Waals surface area contributed by atoms with Crippen LogP contribution in [0.2, 0.25) is 10.0 Å². The zero-order chi connectivity index (χ0) is 17.1. The maximum atomic E-state index is 13.0. The first kappa shape index (κ1) is 15.9. The largest absolute Gasteiger partial charge is 0.331 e. The van der Waals surface area contributed by atoms with E-state index in [0.29, 0.717) is 26.7 Å². The number of thiazole rings is 1. The molecule has 0 spiro atoms. The lowest BCUT2D eigenvalue weighted by molar-refractivity contribution is -0.121. The van der Waals surface area contributed by atoms with Gasteiger partial charge in [0, 0.05) is 11.3 Å². The molecule has 5 nitrogen and oxygen atoms in total. The van der Waals surface area contributed by atoms with E-state index in [1.165, 1.54) is 11.3 Å². The van der Waals surface area contributed by atoms with Gasteiger partial charge in [-0.1, -0.05) is 29.3 Å². The van der Waals surface area contributed by atoms with E-state index in [-0.39, 0.29) is 5.91 Å². The number of nitrogens with one attached hydrogen (secondary N) is 1. The molecule has 1 atom stereocenters. The first-order valence-electron chi connectivity index (χ1n) is 7.48. The molecule has 24 heavy (non-hydrogen) atoms. The van der Waals surface area contributed by atoms with Crippen molar-refractivity contribution in [3.05, 3.63) is 44.9 Å². The number of amides is 3. The van der Waals surface area contributed by atoms with Crippen molar-refractivity contribution in [2.24, 2.45) is 0 Å². The normalized spacial score (nSPS) is 23.7. The predicted molar refractivity (Wildman–Crippen MR) is 93.9 cm³/mol. The van der Waals surface area contributed by atoms with Crippen molar-refractivity contribution in [3.8, 4) is 0 Å². The van der Waals surface area contributed by atoms with Crippen LogP contribution in [0.25, 0.3) is 0 Å². The summed E-state index contributed by atoms with van der Waals surface area (Å²) in [7, 11) is 0. The Hall–Kier alpha value is -1.63. The minimum Gasteiger partial charge on any atom is -0.319 e. The number of hydrogen-bond donors (Lipinski definition) is 1. The molecule has 1 aliphatic heterocycles.